The van der Waals surface area contributed by atoms with E-state index in [1.807, 2.05) is 0 Å². The Hall–Kier alpha value is -2.17. The molecule has 2 aromatic carbocycles. The highest BCUT2D eigenvalue weighted by molar-refractivity contribution is 5.46. The molecule has 0 aliphatic heterocycles. The summed E-state index contributed by atoms with van der Waals surface area (Å²) in [5.41, 5.74) is 6.31. The molecule has 0 aliphatic carbocycles. The van der Waals surface area contributed by atoms with Gasteiger partial charge in [-0.3, -0.25) is 0 Å². The summed E-state index contributed by atoms with van der Waals surface area (Å²) in [5, 5.41) is 0. The molecule has 0 aliphatic rings. The molecule has 18 heavy (non-hydrogen) atoms. The fraction of sp³-hybridized carbons (Fsp3) is 0.0769. The smallest absolute Gasteiger partial charge is 0.165 e. The molecule has 94 valence electrons. The Morgan fingerprint density at radius 2 is 1.61 bits per heavy atom. The van der Waals surface area contributed by atoms with Gasteiger partial charge in [0, 0.05) is 17.3 Å². The Balaban J connectivity index is 2.16. The predicted molar refractivity (Wildman–Crippen MR) is 61.5 cm³/mol. The number of benzene rings is 2. The van der Waals surface area contributed by atoms with Crippen LogP contribution in [0.5, 0.6) is 5.75 Å². The van der Waals surface area contributed by atoms with Gasteiger partial charge in [0.1, 0.15) is 18.2 Å². The summed E-state index contributed by atoms with van der Waals surface area (Å²) in [6, 6.07) is 6.65. The Kier molecular flexibility index (Phi) is 3.41. The molecular formula is C13H10F3NO. The summed E-state index contributed by atoms with van der Waals surface area (Å²) < 4.78 is 44.2. The molecule has 0 spiro atoms. The molecule has 0 radical (unpaired) electrons. The van der Waals surface area contributed by atoms with E-state index in [9.17, 15) is 13.2 Å². The van der Waals surface area contributed by atoms with Crippen LogP contribution in [0.2, 0.25) is 0 Å². The van der Waals surface area contributed by atoms with Gasteiger partial charge in [0.2, 0.25) is 0 Å². The van der Waals surface area contributed by atoms with E-state index in [0.29, 0.717) is 11.3 Å². The zero-order valence-corrected chi connectivity index (χ0v) is 9.29. The molecule has 0 atom stereocenters. The molecular weight excluding hydrogens is 243 g/mol. The van der Waals surface area contributed by atoms with Crippen LogP contribution in [0, 0.1) is 17.5 Å². The summed E-state index contributed by atoms with van der Waals surface area (Å²) >= 11 is 0. The van der Waals surface area contributed by atoms with Crippen LogP contribution in [0.15, 0.2) is 36.4 Å². The second kappa shape index (κ2) is 5.00. The minimum absolute atomic E-state index is 0.135. The molecule has 2 N–H and O–H groups in total. The molecule has 2 rings (SSSR count). The number of anilines is 1. The lowest BCUT2D eigenvalue weighted by Crippen LogP contribution is -2.02. The van der Waals surface area contributed by atoms with E-state index in [4.69, 9.17) is 10.5 Å². The van der Waals surface area contributed by atoms with E-state index in [-0.39, 0.29) is 12.4 Å². The Morgan fingerprint density at radius 1 is 0.944 bits per heavy atom. The van der Waals surface area contributed by atoms with Crippen LogP contribution in [0.4, 0.5) is 18.9 Å². The number of ether oxygens (including phenoxy) is 1. The van der Waals surface area contributed by atoms with Crippen LogP contribution in [0.3, 0.4) is 0 Å². The normalized spacial score (nSPS) is 10.4. The first-order valence-corrected chi connectivity index (χ1v) is 5.18. The van der Waals surface area contributed by atoms with Crippen LogP contribution < -0.4 is 10.5 Å². The SMILES string of the molecule is Nc1ccc(F)cc1COc1cc(F)ccc1F. The molecule has 5 heteroatoms. The highest BCUT2D eigenvalue weighted by Crippen LogP contribution is 2.21. The van der Waals surface area contributed by atoms with Crippen molar-refractivity contribution in [3.63, 3.8) is 0 Å². The van der Waals surface area contributed by atoms with Gasteiger partial charge in [0.25, 0.3) is 0 Å². The zero-order chi connectivity index (χ0) is 13.1. The molecule has 0 aromatic heterocycles. The molecule has 2 nitrogen and oxygen atoms in total. The van der Waals surface area contributed by atoms with Gasteiger partial charge in [-0.2, -0.15) is 0 Å². The van der Waals surface area contributed by atoms with Crippen LogP contribution in [0.25, 0.3) is 0 Å². The fourth-order valence-corrected chi connectivity index (χ4v) is 1.44. The van der Waals surface area contributed by atoms with Gasteiger partial charge >= 0.3 is 0 Å². The van der Waals surface area contributed by atoms with Crippen molar-refractivity contribution in [1.29, 1.82) is 0 Å². The lowest BCUT2D eigenvalue weighted by Gasteiger charge is -2.09. The van der Waals surface area contributed by atoms with E-state index < -0.39 is 17.5 Å². The van der Waals surface area contributed by atoms with E-state index >= 15 is 0 Å². The van der Waals surface area contributed by atoms with Crippen molar-refractivity contribution in [2.24, 2.45) is 0 Å². The lowest BCUT2D eigenvalue weighted by atomic mass is 10.2. The van der Waals surface area contributed by atoms with E-state index in [1.165, 1.54) is 18.2 Å². The summed E-state index contributed by atoms with van der Waals surface area (Å²) in [6.45, 7) is -0.135. The van der Waals surface area contributed by atoms with Gasteiger partial charge in [0.05, 0.1) is 0 Å². The van der Waals surface area contributed by atoms with Crippen molar-refractivity contribution in [2.75, 3.05) is 5.73 Å². The van der Waals surface area contributed by atoms with Crippen molar-refractivity contribution in [3.05, 3.63) is 59.4 Å². The highest BCUT2D eigenvalue weighted by Gasteiger charge is 2.07. The molecule has 0 fully saturated rings. The number of nitrogens with two attached hydrogens (primary N) is 1. The van der Waals surface area contributed by atoms with Gasteiger partial charge < -0.3 is 10.5 Å². The molecule has 0 unspecified atom stereocenters. The molecule has 0 saturated heterocycles. The second-order valence-corrected chi connectivity index (χ2v) is 3.71. The maximum absolute atomic E-state index is 13.3. The number of hydrogen-bond donors (Lipinski definition) is 1. The Bertz CT molecular complexity index is 521. The Morgan fingerprint density at radius 3 is 2.39 bits per heavy atom. The van der Waals surface area contributed by atoms with Crippen LogP contribution >= 0.6 is 0 Å². The van der Waals surface area contributed by atoms with Crippen molar-refractivity contribution < 1.29 is 17.9 Å². The first kappa shape index (κ1) is 12.3. The summed E-state index contributed by atoms with van der Waals surface area (Å²) in [4.78, 5) is 0. The maximum Gasteiger partial charge on any atom is 0.165 e. The van der Waals surface area contributed by atoms with Crippen molar-refractivity contribution in [1.82, 2.24) is 0 Å². The summed E-state index contributed by atoms with van der Waals surface area (Å²) in [7, 11) is 0. The quantitative estimate of drug-likeness (QED) is 0.852. The van der Waals surface area contributed by atoms with Crippen molar-refractivity contribution in [2.45, 2.75) is 6.61 Å². The number of halogens is 3. The van der Waals surface area contributed by atoms with Gasteiger partial charge in [-0.15, -0.1) is 0 Å². The number of hydrogen-bond acceptors (Lipinski definition) is 2. The molecule has 0 bridgehead atoms. The molecule has 0 saturated carbocycles. The molecule has 0 amide bonds. The first-order chi connectivity index (χ1) is 8.56. The third-order valence-corrected chi connectivity index (χ3v) is 2.38. The minimum atomic E-state index is -0.689. The average Bonchev–Trinajstić information content (AvgIpc) is 2.34. The Labute approximate surface area is 102 Å². The van der Waals surface area contributed by atoms with Gasteiger partial charge in [-0.1, -0.05) is 0 Å². The standard InChI is InChI=1S/C13H10F3NO/c14-9-2-4-12(17)8(5-9)7-18-13-6-10(15)1-3-11(13)16/h1-6H,7,17H2. The maximum atomic E-state index is 13.3. The van der Waals surface area contributed by atoms with E-state index in [1.54, 1.807) is 0 Å². The fourth-order valence-electron chi connectivity index (χ4n) is 1.44. The monoisotopic (exact) mass is 253 g/mol. The van der Waals surface area contributed by atoms with Crippen LogP contribution in [-0.4, -0.2) is 0 Å². The zero-order valence-electron chi connectivity index (χ0n) is 9.29. The largest absolute Gasteiger partial charge is 0.486 e. The van der Waals surface area contributed by atoms with Crippen LogP contribution in [-0.2, 0) is 6.61 Å². The van der Waals surface area contributed by atoms with E-state index in [2.05, 4.69) is 0 Å². The van der Waals surface area contributed by atoms with Gasteiger partial charge in [-0.05, 0) is 30.3 Å². The van der Waals surface area contributed by atoms with Gasteiger partial charge in [0.15, 0.2) is 11.6 Å². The molecule has 2 aromatic rings. The predicted octanol–water partition coefficient (Wildman–Crippen LogP) is 3.27. The average molecular weight is 253 g/mol. The first-order valence-electron chi connectivity index (χ1n) is 5.18. The highest BCUT2D eigenvalue weighted by atomic mass is 19.1. The van der Waals surface area contributed by atoms with E-state index in [0.717, 1.165) is 18.2 Å². The summed E-state index contributed by atoms with van der Waals surface area (Å²) in [5.74, 6) is -2.01. The van der Waals surface area contributed by atoms with Crippen LogP contribution in [0.1, 0.15) is 5.56 Å². The van der Waals surface area contributed by atoms with Crippen molar-refractivity contribution >= 4 is 5.69 Å². The van der Waals surface area contributed by atoms with Gasteiger partial charge in [-0.25, -0.2) is 13.2 Å². The second-order valence-electron chi connectivity index (χ2n) is 3.71. The topological polar surface area (TPSA) is 35.2 Å². The lowest BCUT2D eigenvalue weighted by molar-refractivity contribution is 0.288. The third kappa shape index (κ3) is 2.74. The summed E-state index contributed by atoms with van der Waals surface area (Å²) in [6.07, 6.45) is 0. The third-order valence-electron chi connectivity index (χ3n) is 2.38. The molecule has 0 heterocycles. The van der Waals surface area contributed by atoms with Crippen molar-refractivity contribution in [3.8, 4) is 5.75 Å². The number of nitrogen functional groups attached to an aromatic ring is 1. The minimum Gasteiger partial charge on any atom is -0.486 e. The number of rotatable bonds is 3.